The lowest BCUT2D eigenvalue weighted by Gasteiger charge is -2.38. The lowest BCUT2D eigenvalue weighted by atomic mass is 9.73. The van der Waals surface area contributed by atoms with Crippen molar-refractivity contribution in [1.82, 2.24) is 4.72 Å². The molecule has 1 aliphatic carbocycles. The molecule has 1 aliphatic rings. The summed E-state index contributed by atoms with van der Waals surface area (Å²) in [7, 11) is -2.37. The third kappa shape index (κ3) is 3.59. The van der Waals surface area contributed by atoms with Gasteiger partial charge in [0, 0.05) is 12.0 Å². The van der Waals surface area contributed by atoms with Gasteiger partial charge in [0.2, 0.25) is 10.0 Å². The third-order valence-electron chi connectivity index (χ3n) is 4.48. The van der Waals surface area contributed by atoms with E-state index in [0.717, 1.165) is 31.7 Å². The number of rotatable bonds is 5. The highest BCUT2D eigenvalue weighted by Crippen LogP contribution is 2.36. The van der Waals surface area contributed by atoms with Gasteiger partial charge in [-0.1, -0.05) is 19.8 Å². The van der Waals surface area contributed by atoms with Crippen LogP contribution in [0.1, 0.15) is 32.6 Å². The lowest BCUT2D eigenvalue weighted by molar-refractivity contribution is 0.00959. The molecule has 0 aromatic heterocycles. The van der Waals surface area contributed by atoms with E-state index >= 15 is 0 Å². The van der Waals surface area contributed by atoms with Gasteiger partial charge in [0.25, 0.3) is 0 Å². The minimum Gasteiger partial charge on any atom is -0.392 e. The van der Waals surface area contributed by atoms with E-state index in [1.807, 2.05) is 6.92 Å². The first kappa shape index (κ1) is 17.2. The summed E-state index contributed by atoms with van der Waals surface area (Å²) < 4.78 is 39.5. The summed E-state index contributed by atoms with van der Waals surface area (Å²) >= 11 is 0. The monoisotopic (exact) mass is 330 g/mol. The zero-order valence-corrected chi connectivity index (χ0v) is 13.7. The molecule has 1 saturated carbocycles. The third-order valence-corrected chi connectivity index (χ3v) is 5.89. The van der Waals surface area contributed by atoms with E-state index in [4.69, 9.17) is 0 Å². The van der Waals surface area contributed by atoms with E-state index in [1.165, 1.54) is 19.2 Å². The number of aliphatic hydroxyl groups excluding tert-OH is 1. The van der Waals surface area contributed by atoms with E-state index in [0.29, 0.717) is 6.54 Å². The van der Waals surface area contributed by atoms with E-state index in [2.05, 4.69) is 10.0 Å². The minimum absolute atomic E-state index is 0.109. The van der Waals surface area contributed by atoms with Crippen molar-refractivity contribution in [1.29, 1.82) is 0 Å². The number of nitrogens with one attached hydrogen (secondary N) is 2. The second-order valence-electron chi connectivity index (χ2n) is 6.12. The predicted molar refractivity (Wildman–Crippen MR) is 83.7 cm³/mol. The van der Waals surface area contributed by atoms with Crippen molar-refractivity contribution < 1.29 is 17.9 Å². The molecule has 124 valence electrons. The van der Waals surface area contributed by atoms with Crippen molar-refractivity contribution in [2.24, 2.45) is 5.41 Å². The SMILES string of the molecule is CNS(=O)(=O)c1ccc(NC[C@@]2(C)CCCC[C@H]2O)c(F)c1. The fourth-order valence-electron chi connectivity index (χ4n) is 2.81. The first-order valence-corrected chi connectivity index (χ1v) is 8.92. The molecule has 1 fully saturated rings. The van der Waals surface area contributed by atoms with Crippen molar-refractivity contribution >= 4 is 15.7 Å². The second kappa shape index (κ2) is 6.52. The number of benzene rings is 1. The molecule has 5 nitrogen and oxygen atoms in total. The van der Waals surface area contributed by atoms with E-state index < -0.39 is 21.9 Å². The number of aliphatic hydroxyl groups is 1. The number of sulfonamides is 1. The van der Waals surface area contributed by atoms with Crippen LogP contribution in [0, 0.1) is 11.2 Å². The molecule has 0 unspecified atom stereocenters. The van der Waals surface area contributed by atoms with Gasteiger partial charge in [0.1, 0.15) is 5.82 Å². The van der Waals surface area contributed by atoms with Crippen LogP contribution in [0.3, 0.4) is 0 Å². The predicted octanol–water partition coefficient (Wildman–Crippen LogP) is 2.09. The highest BCUT2D eigenvalue weighted by Gasteiger charge is 2.35. The maximum absolute atomic E-state index is 14.1. The minimum atomic E-state index is -3.65. The topological polar surface area (TPSA) is 78.4 Å². The van der Waals surface area contributed by atoms with Crippen molar-refractivity contribution in [3.05, 3.63) is 24.0 Å². The highest BCUT2D eigenvalue weighted by atomic mass is 32.2. The van der Waals surface area contributed by atoms with Gasteiger partial charge in [-0.3, -0.25) is 0 Å². The van der Waals surface area contributed by atoms with Crippen LogP contribution in [0.4, 0.5) is 10.1 Å². The van der Waals surface area contributed by atoms with Crippen LogP contribution in [0.5, 0.6) is 0 Å². The lowest BCUT2D eigenvalue weighted by Crippen LogP contribution is -2.41. The molecule has 0 aliphatic heterocycles. The zero-order chi connectivity index (χ0) is 16.4. The Labute approximate surface area is 131 Å². The molecule has 0 bridgehead atoms. The number of hydrogen-bond acceptors (Lipinski definition) is 4. The summed E-state index contributed by atoms with van der Waals surface area (Å²) in [6.07, 6.45) is 3.31. The molecule has 0 saturated heterocycles. The average molecular weight is 330 g/mol. The maximum atomic E-state index is 14.1. The van der Waals surface area contributed by atoms with E-state index in [-0.39, 0.29) is 16.0 Å². The Hall–Kier alpha value is -1.18. The molecule has 2 rings (SSSR count). The normalized spacial score (nSPS) is 25.9. The Morgan fingerprint density at radius 3 is 2.73 bits per heavy atom. The Bertz CT molecular complexity index is 636. The van der Waals surface area contributed by atoms with E-state index in [9.17, 15) is 17.9 Å². The Balaban J connectivity index is 2.11. The molecular formula is C15H23FN2O3S. The molecule has 1 aromatic carbocycles. The Morgan fingerprint density at radius 1 is 1.41 bits per heavy atom. The fraction of sp³-hybridized carbons (Fsp3) is 0.600. The van der Waals surface area contributed by atoms with Crippen LogP contribution >= 0.6 is 0 Å². The molecule has 22 heavy (non-hydrogen) atoms. The first-order chi connectivity index (χ1) is 10.3. The van der Waals surface area contributed by atoms with Gasteiger partial charge in [0.05, 0.1) is 16.7 Å². The van der Waals surface area contributed by atoms with Gasteiger partial charge in [-0.15, -0.1) is 0 Å². The summed E-state index contributed by atoms with van der Waals surface area (Å²) in [4.78, 5) is -0.109. The highest BCUT2D eigenvalue weighted by molar-refractivity contribution is 7.89. The van der Waals surface area contributed by atoms with Crippen molar-refractivity contribution in [2.75, 3.05) is 18.9 Å². The standard InChI is InChI=1S/C15H23FN2O3S/c1-15(8-4-3-5-14(15)19)10-18-13-7-6-11(9-12(13)16)22(20,21)17-2/h6-7,9,14,17-19H,3-5,8,10H2,1-2H3/t14-,15-/m1/s1. The number of hydrogen-bond donors (Lipinski definition) is 3. The molecule has 0 radical (unpaired) electrons. The fourth-order valence-corrected chi connectivity index (χ4v) is 3.55. The van der Waals surface area contributed by atoms with Crippen LogP contribution in [-0.2, 0) is 10.0 Å². The molecule has 0 amide bonds. The largest absolute Gasteiger partial charge is 0.392 e. The van der Waals surface area contributed by atoms with Gasteiger partial charge >= 0.3 is 0 Å². The summed E-state index contributed by atoms with van der Waals surface area (Å²) in [6.45, 7) is 2.44. The second-order valence-corrected chi connectivity index (χ2v) is 8.00. The molecule has 0 spiro atoms. The van der Waals surface area contributed by atoms with Gasteiger partial charge in [-0.2, -0.15) is 0 Å². The summed E-state index contributed by atoms with van der Waals surface area (Å²) in [5, 5.41) is 13.1. The van der Waals surface area contributed by atoms with Crippen LogP contribution in [0.25, 0.3) is 0 Å². The van der Waals surface area contributed by atoms with Gasteiger partial charge < -0.3 is 10.4 Å². The smallest absolute Gasteiger partial charge is 0.240 e. The summed E-state index contributed by atoms with van der Waals surface area (Å²) in [5.74, 6) is -0.620. The van der Waals surface area contributed by atoms with Crippen LogP contribution in [-0.4, -0.2) is 33.2 Å². The summed E-state index contributed by atoms with van der Waals surface area (Å²) in [6, 6.07) is 3.77. The molecule has 7 heteroatoms. The zero-order valence-electron chi connectivity index (χ0n) is 12.9. The van der Waals surface area contributed by atoms with Crippen molar-refractivity contribution in [2.45, 2.75) is 43.6 Å². The molecule has 1 aromatic rings. The Kier molecular flexibility index (Phi) is 5.09. The molecule has 2 atom stereocenters. The molecular weight excluding hydrogens is 307 g/mol. The van der Waals surface area contributed by atoms with Crippen LogP contribution in [0.15, 0.2) is 23.1 Å². The van der Waals surface area contributed by atoms with Crippen LogP contribution < -0.4 is 10.0 Å². The summed E-state index contributed by atoms with van der Waals surface area (Å²) in [5.41, 5.74) is -0.0468. The Morgan fingerprint density at radius 2 is 2.14 bits per heavy atom. The number of anilines is 1. The molecule has 0 heterocycles. The quantitative estimate of drug-likeness (QED) is 0.772. The van der Waals surface area contributed by atoms with Crippen LogP contribution in [0.2, 0.25) is 0 Å². The molecule has 3 N–H and O–H groups in total. The number of halogens is 1. The first-order valence-electron chi connectivity index (χ1n) is 7.43. The van der Waals surface area contributed by atoms with Gasteiger partial charge in [0.15, 0.2) is 0 Å². The van der Waals surface area contributed by atoms with Crippen molar-refractivity contribution in [3.8, 4) is 0 Å². The van der Waals surface area contributed by atoms with E-state index in [1.54, 1.807) is 0 Å². The maximum Gasteiger partial charge on any atom is 0.240 e. The van der Waals surface area contributed by atoms with Gasteiger partial charge in [-0.05, 0) is 38.1 Å². The average Bonchev–Trinajstić information content (AvgIpc) is 2.49. The van der Waals surface area contributed by atoms with Crippen molar-refractivity contribution in [3.63, 3.8) is 0 Å². The van der Waals surface area contributed by atoms with Gasteiger partial charge in [-0.25, -0.2) is 17.5 Å².